The number of nitrogens with zero attached hydrogens (tertiary/aromatic N) is 3. The van der Waals surface area contributed by atoms with Crippen LogP contribution in [0.25, 0.3) is 82.2 Å². The standard InChI is InChI=1S/C50H32N3PS/c55-54(40-16-5-2-6-17-40,41-24-19-34-13-7-8-15-36(34)29-41)48-28-23-39(32-51-48)37-22-27-46-44(30-37)43-25-20-35-14-9-10-18-42(35)49(43)50-52-45-26-21-38(31-47(45)53(46)50)33-11-3-1-4-12-33/h1-32H. The largest absolute Gasteiger partial charge is 0.292 e. The third-order valence-electron chi connectivity index (χ3n) is 11.1. The van der Waals surface area contributed by atoms with Crippen LogP contribution in [0.4, 0.5) is 0 Å². The van der Waals surface area contributed by atoms with Gasteiger partial charge in [0.25, 0.3) is 0 Å². The Morgan fingerprint density at radius 1 is 0.436 bits per heavy atom. The van der Waals surface area contributed by atoms with Gasteiger partial charge in [0.15, 0.2) is 0 Å². The van der Waals surface area contributed by atoms with Gasteiger partial charge in [-0.15, -0.1) is 0 Å². The number of aromatic nitrogens is 3. The fourth-order valence-electron chi connectivity index (χ4n) is 8.33. The zero-order chi connectivity index (χ0) is 36.5. The molecule has 3 heterocycles. The van der Waals surface area contributed by atoms with E-state index in [9.17, 15) is 0 Å². The molecule has 55 heavy (non-hydrogen) atoms. The molecule has 0 bridgehead atoms. The molecule has 5 heteroatoms. The van der Waals surface area contributed by atoms with Crippen LogP contribution in [-0.2, 0) is 11.8 Å². The first kappa shape index (κ1) is 32.0. The third-order valence-corrected chi connectivity index (χ3v) is 15.8. The van der Waals surface area contributed by atoms with Gasteiger partial charge in [0, 0.05) is 22.5 Å². The summed E-state index contributed by atoms with van der Waals surface area (Å²) >= 11 is 6.73. The Kier molecular flexibility index (Phi) is 7.32. The molecule has 3 nitrogen and oxygen atoms in total. The Bertz CT molecular complexity index is 3340. The SMILES string of the molecule is S=P(c1ccccc1)(c1ccc2ccccc2c1)c1ccc(-c2ccc3c(c2)c2ccc4ccccc4c2c2nc4ccc(-c5ccccc5)cc4n32)cn1. The number of hydrogen-bond donors (Lipinski definition) is 0. The monoisotopic (exact) mass is 737 g/mol. The Morgan fingerprint density at radius 2 is 1.13 bits per heavy atom. The minimum absolute atomic E-state index is 0.936. The second kappa shape index (κ2) is 12.6. The van der Waals surface area contributed by atoms with E-state index < -0.39 is 6.04 Å². The fourth-order valence-corrected chi connectivity index (χ4v) is 11.9. The van der Waals surface area contributed by atoms with E-state index in [1.807, 2.05) is 6.20 Å². The van der Waals surface area contributed by atoms with Crippen molar-refractivity contribution in [3.8, 4) is 22.3 Å². The molecule has 1 atom stereocenters. The predicted octanol–water partition coefficient (Wildman–Crippen LogP) is 11.6. The van der Waals surface area contributed by atoms with Crippen molar-refractivity contribution < 1.29 is 0 Å². The van der Waals surface area contributed by atoms with Gasteiger partial charge in [-0.1, -0.05) is 163 Å². The van der Waals surface area contributed by atoms with Crippen LogP contribution in [0.5, 0.6) is 0 Å². The number of fused-ring (bicyclic) bond motifs is 11. The average Bonchev–Trinajstić information content (AvgIpc) is 3.65. The van der Waals surface area contributed by atoms with Crippen LogP contribution in [0.3, 0.4) is 0 Å². The quantitative estimate of drug-likeness (QED) is 0.130. The van der Waals surface area contributed by atoms with Crippen LogP contribution in [0.2, 0.25) is 0 Å². The summed E-state index contributed by atoms with van der Waals surface area (Å²) in [6, 6.07) is 64.7. The van der Waals surface area contributed by atoms with Gasteiger partial charge in [-0.3, -0.25) is 9.38 Å². The second-order valence-corrected chi connectivity index (χ2v) is 18.5. The van der Waals surface area contributed by atoms with E-state index >= 15 is 0 Å². The van der Waals surface area contributed by atoms with Gasteiger partial charge in [-0.2, -0.15) is 0 Å². The van der Waals surface area contributed by atoms with Gasteiger partial charge in [-0.25, -0.2) is 4.98 Å². The van der Waals surface area contributed by atoms with Gasteiger partial charge in [0.1, 0.15) is 5.65 Å². The molecule has 0 radical (unpaired) electrons. The predicted molar refractivity (Wildman–Crippen MR) is 237 cm³/mol. The molecule has 0 fully saturated rings. The molecule has 1 unspecified atom stereocenters. The Balaban J connectivity index is 1.11. The number of imidazole rings is 1. The minimum Gasteiger partial charge on any atom is -0.292 e. The Hall–Kier alpha value is -6.45. The van der Waals surface area contributed by atoms with Gasteiger partial charge in [0.05, 0.1) is 28.0 Å². The van der Waals surface area contributed by atoms with Crippen molar-refractivity contribution in [3.05, 3.63) is 194 Å². The van der Waals surface area contributed by atoms with Crippen molar-refractivity contribution in [2.45, 2.75) is 0 Å². The first-order valence-electron chi connectivity index (χ1n) is 18.5. The highest BCUT2D eigenvalue weighted by molar-refractivity contribution is 8.25. The van der Waals surface area contributed by atoms with Crippen LogP contribution in [0, 0.1) is 0 Å². The van der Waals surface area contributed by atoms with E-state index in [1.165, 1.54) is 43.4 Å². The number of benzene rings is 8. The van der Waals surface area contributed by atoms with E-state index in [0.29, 0.717) is 0 Å². The number of hydrogen-bond acceptors (Lipinski definition) is 3. The Labute approximate surface area is 323 Å². The molecule has 0 aliphatic carbocycles. The molecule has 0 spiro atoms. The van der Waals surface area contributed by atoms with Gasteiger partial charge < -0.3 is 0 Å². The molecule has 11 aromatic rings. The molecule has 0 aliphatic heterocycles. The molecule has 0 saturated carbocycles. The normalized spacial score (nSPS) is 12.9. The van der Waals surface area contributed by atoms with Crippen molar-refractivity contribution in [1.82, 2.24) is 14.4 Å². The molecule has 0 saturated heterocycles. The number of rotatable bonds is 5. The van der Waals surface area contributed by atoms with Crippen LogP contribution in [0.1, 0.15) is 0 Å². The summed E-state index contributed by atoms with van der Waals surface area (Å²) in [5.41, 5.74) is 9.61. The van der Waals surface area contributed by atoms with Crippen LogP contribution in [-0.4, -0.2) is 14.4 Å². The lowest BCUT2D eigenvalue weighted by molar-refractivity contribution is 1.32. The summed E-state index contributed by atoms with van der Waals surface area (Å²) < 4.78 is 2.36. The van der Waals surface area contributed by atoms with Crippen molar-refractivity contribution in [2.24, 2.45) is 0 Å². The maximum absolute atomic E-state index is 6.73. The summed E-state index contributed by atoms with van der Waals surface area (Å²) in [5, 5.41) is 10.6. The molecule has 0 aliphatic rings. The Morgan fingerprint density at radius 3 is 1.95 bits per heavy atom. The lowest BCUT2D eigenvalue weighted by Gasteiger charge is -2.23. The smallest absolute Gasteiger partial charge is 0.147 e. The van der Waals surface area contributed by atoms with Gasteiger partial charge in [-0.05, 0) is 90.6 Å². The van der Waals surface area contributed by atoms with Crippen molar-refractivity contribution in [3.63, 3.8) is 0 Å². The van der Waals surface area contributed by atoms with E-state index in [4.69, 9.17) is 21.8 Å². The molecule has 3 aromatic heterocycles. The molecule has 258 valence electrons. The minimum atomic E-state index is -2.45. The maximum atomic E-state index is 6.73. The van der Waals surface area contributed by atoms with Crippen LogP contribution < -0.4 is 16.0 Å². The van der Waals surface area contributed by atoms with E-state index in [1.54, 1.807) is 0 Å². The molecule has 0 N–H and O–H groups in total. The molecule has 11 rings (SSSR count). The zero-order valence-corrected chi connectivity index (χ0v) is 31.4. The first-order valence-corrected chi connectivity index (χ1v) is 21.3. The second-order valence-electron chi connectivity index (χ2n) is 14.2. The lowest BCUT2D eigenvalue weighted by Crippen LogP contribution is -2.26. The van der Waals surface area contributed by atoms with E-state index in [0.717, 1.165) is 54.8 Å². The first-order chi connectivity index (χ1) is 27.1. The van der Waals surface area contributed by atoms with Gasteiger partial charge >= 0.3 is 0 Å². The summed E-state index contributed by atoms with van der Waals surface area (Å²) in [5.74, 6) is 0. The van der Waals surface area contributed by atoms with Crippen molar-refractivity contribution in [1.29, 1.82) is 0 Å². The summed E-state index contributed by atoms with van der Waals surface area (Å²) in [7, 11) is 0. The molecular weight excluding hydrogens is 706 g/mol. The van der Waals surface area contributed by atoms with E-state index in [-0.39, 0.29) is 0 Å². The number of pyridine rings is 2. The summed E-state index contributed by atoms with van der Waals surface area (Å²) in [6.45, 7) is 0. The summed E-state index contributed by atoms with van der Waals surface area (Å²) in [6.07, 6.45) is 2.01. The molecule has 0 amide bonds. The van der Waals surface area contributed by atoms with Crippen LogP contribution in [0.15, 0.2) is 194 Å². The fraction of sp³-hybridized carbons (Fsp3) is 0. The highest BCUT2D eigenvalue weighted by atomic mass is 32.4. The molecule has 8 aromatic carbocycles. The highest BCUT2D eigenvalue weighted by Crippen LogP contribution is 2.43. The highest BCUT2D eigenvalue weighted by Gasteiger charge is 2.27. The molecular formula is C50H32N3PS. The summed E-state index contributed by atoms with van der Waals surface area (Å²) in [4.78, 5) is 10.5. The zero-order valence-electron chi connectivity index (χ0n) is 29.7. The van der Waals surface area contributed by atoms with Crippen LogP contribution >= 0.6 is 6.04 Å². The topological polar surface area (TPSA) is 30.2 Å². The van der Waals surface area contributed by atoms with E-state index in [2.05, 4.69) is 192 Å². The third kappa shape index (κ3) is 5.07. The van der Waals surface area contributed by atoms with Crippen molar-refractivity contribution >= 4 is 93.8 Å². The maximum Gasteiger partial charge on any atom is 0.147 e. The average molecular weight is 738 g/mol. The lowest BCUT2D eigenvalue weighted by atomic mass is 9.97. The van der Waals surface area contributed by atoms with Gasteiger partial charge in [0.2, 0.25) is 0 Å². The van der Waals surface area contributed by atoms with Crippen molar-refractivity contribution in [2.75, 3.05) is 0 Å².